The Morgan fingerprint density at radius 1 is 1.23 bits per heavy atom. The lowest BCUT2D eigenvalue weighted by Gasteiger charge is -2.08. The van der Waals surface area contributed by atoms with Crippen LogP contribution < -0.4 is 5.32 Å². The Labute approximate surface area is 141 Å². The highest BCUT2D eigenvalue weighted by Crippen LogP contribution is 2.19. The number of carbonyl (C=O) groups excluding carboxylic acids is 2. The fourth-order valence-electron chi connectivity index (χ4n) is 1.70. The summed E-state index contributed by atoms with van der Waals surface area (Å²) < 4.78 is 5.73. The van der Waals surface area contributed by atoms with Crippen molar-refractivity contribution in [3.63, 3.8) is 0 Å². The number of nitrogens with one attached hydrogen (secondary N) is 1. The summed E-state index contributed by atoms with van der Waals surface area (Å²) in [5.41, 5.74) is 1.85. The standard InChI is InChI=1S/C16H13BrClNO3/c1-10-5-6-13(8-14(10)18)19-15(20)9-22-16(21)11-3-2-4-12(17)7-11/h2-8H,9H2,1H3,(H,19,20). The zero-order valence-corrected chi connectivity index (χ0v) is 14.1. The van der Waals surface area contributed by atoms with Gasteiger partial charge >= 0.3 is 5.97 Å². The minimum absolute atomic E-state index is 0.364. The van der Waals surface area contributed by atoms with Gasteiger partial charge in [0, 0.05) is 15.2 Å². The number of anilines is 1. The molecule has 4 nitrogen and oxygen atoms in total. The molecule has 0 aliphatic rings. The summed E-state index contributed by atoms with van der Waals surface area (Å²) in [5, 5.41) is 3.18. The third kappa shape index (κ3) is 4.58. The number of benzene rings is 2. The first kappa shape index (κ1) is 16.5. The van der Waals surface area contributed by atoms with Crippen LogP contribution in [0.1, 0.15) is 15.9 Å². The summed E-state index contributed by atoms with van der Waals surface area (Å²) in [6, 6.07) is 11.9. The van der Waals surface area contributed by atoms with E-state index in [0.29, 0.717) is 16.3 Å². The maximum absolute atomic E-state index is 11.8. The molecular formula is C16H13BrClNO3. The number of rotatable bonds is 4. The van der Waals surface area contributed by atoms with Crippen LogP contribution in [-0.2, 0) is 9.53 Å². The first-order chi connectivity index (χ1) is 10.5. The number of esters is 1. The molecule has 6 heteroatoms. The van der Waals surface area contributed by atoms with Crippen LogP contribution in [0.25, 0.3) is 0 Å². The van der Waals surface area contributed by atoms with E-state index >= 15 is 0 Å². The summed E-state index contributed by atoms with van der Waals surface area (Å²) in [7, 11) is 0. The number of halogens is 2. The van der Waals surface area contributed by atoms with Crippen molar-refractivity contribution in [3.8, 4) is 0 Å². The molecule has 1 N–H and O–H groups in total. The Morgan fingerprint density at radius 3 is 2.68 bits per heavy atom. The number of aryl methyl sites for hydroxylation is 1. The summed E-state index contributed by atoms with van der Waals surface area (Å²) in [6.45, 7) is 1.50. The van der Waals surface area contributed by atoms with Crippen LogP contribution in [0.5, 0.6) is 0 Å². The van der Waals surface area contributed by atoms with Gasteiger partial charge in [-0.05, 0) is 42.8 Å². The molecule has 0 saturated carbocycles. The topological polar surface area (TPSA) is 55.4 Å². The lowest BCUT2D eigenvalue weighted by Crippen LogP contribution is -2.20. The molecule has 0 spiro atoms. The number of ether oxygens (including phenoxy) is 1. The maximum atomic E-state index is 11.8. The molecule has 0 aliphatic heterocycles. The van der Waals surface area contributed by atoms with E-state index in [1.54, 1.807) is 42.5 Å². The molecular weight excluding hydrogens is 370 g/mol. The van der Waals surface area contributed by atoms with Crippen molar-refractivity contribution in [2.45, 2.75) is 6.92 Å². The SMILES string of the molecule is Cc1ccc(NC(=O)COC(=O)c2cccc(Br)c2)cc1Cl. The molecule has 114 valence electrons. The Balaban J connectivity index is 1.90. The average molecular weight is 383 g/mol. The van der Waals surface area contributed by atoms with E-state index in [2.05, 4.69) is 21.2 Å². The largest absolute Gasteiger partial charge is 0.452 e. The average Bonchev–Trinajstić information content (AvgIpc) is 2.48. The first-order valence-corrected chi connectivity index (χ1v) is 7.61. The Morgan fingerprint density at radius 2 is 2.00 bits per heavy atom. The third-order valence-electron chi connectivity index (χ3n) is 2.85. The molecule has 0 bridgehead atoms. The molecule has 0 aliphatic carbocycles. The molecule has 0 saturated heterocycles. The van der Waals surface area contributed by atoms with Gasteiger partial charge in [0.1, 0.15) is 0 Å². The van der Waals surface area contributed by atoms with E-state index in [4.69, 9.17) is 16.3 Å². The molecule has 0 aromatic heterocycles. The van der Waals surface area contributed by atoms with Gasteiger partial charge in [0.25, 0.3) is 5.91 Å². The highest BCUT2D eigenvalue weighted by atomic mass is 79.9. The second-order valence-electron chi connectivity index (χ2n) is 4.60. The minimum Gasteiger partial charge on any atom is -0.452 e. The van der Waals surface area contributed by atoms with E-state index in [9.17, 15) is 9.59 Å². The summed E-state index contributed by atoms with van der Waals surface area (Å²) in [5.74, 6) is -0.985. The molecule has 0 unspecified atom stereocenters. The molecule has 0 radical (unpaired) electrons. The van der Waals surface area contributed by atoms with E-state index in [1.807, 2.05) is 6.92 Å². The number of hydrogen-bond donors (Lipinski definition) is 1. The predicted molar refractivity (Wildman–Crippen MR) is 89.2 cm³/mol. The van der Waals surface area contributed by atoms with Gasteiger partial charge in [-0.2, -0.15) is 0 Å². The van der Waals surface area contributed by atoms with Crippen LogP contribution in [0, 0.1) is 6.92 Å². The Hall–Kier alpha value is -1.85. The lowest BCUT2D eigenvalue weighted by molar-refractivity contribution is -0.119. The van der Waals surface area contributed by atoms with Gasteiger partial charge in [-0.3, -0.25) is 4.79 Å². The van der Waals surface area contributed by atoms with Crippen LogP contribution in [0.4, 0.5) is 5.69 Å². The summed E-state index contributed by atoms with van der Waals surface area (Å²) >= 11 is 9.25. The summed E-state index contributed by atoms with van der Waals surface area (Å²) in [4.78, 5) is 23.6. The van der Waals surface area contributed by atoms with Crippen molar-refractivity contribution in [1.29, 1.82) is 0 Å². The maximum Gasteiger partial charge on any atom is 0.338 e. The fourth-order valence-corrected chi connectivity index (χ4v) is 2.28. The van der Waals surface area contributed by atoms with Crippen molar-refractivity contribution in [1.82, 2.24) is 0 Å². The quantitative estimate of drug-likeness (QED) is 0.806. The molecule has 2 rings (SSSR count). The smallest absolute Gasteiger partial charge is 0.338 e. The normalized spacial score (nSPS) is 10.1. The molecule has 0 fully saturated rings. The first-order valence-electron chi connectivity index (χ1n) is 6.44. The zero-order valence-electron chi connectivity index (χ0n) is 11.7. The molecule has 0 atom stereocenters. The Kier molecular flexibility index (Phi) is 5.57. The van der Waals surface area contributed by atoms with Crippen LogP contribution >= 0.6 is 27.5 Å². The van der Waals surface area contributed by atoms with Crippen molar-refractivity contribution in [2.24, 2.45) is 0 Å². The second-order valence-corrected chi connectivity index (χ2v) is 5.92. The number of hydrogen-bond acceptors (Lipinski definition) is 3. The van der Waals surface area contributed by atoms with Gasteiger partial charge in [0.2, 0.25) is 0 Å². The second kappa shape index (κ2) is 7.42. The number of carbonyl (C=O) groups is 2. The molecule has 2 aromatic rings. The van der Waals surface area contributed by atoms with E-state index < -0.39 is 11.9 Å². The van der Waals surface area contributed by atoms with Crippen molar-refractivity contribution < 1.29 is 14.3 Å². The van der Waals surface area contributed by atoms with Crippen LogP contribution in [0.2, 0.25) is 5.02 Å². The highest BCUT2D eigenvalue weighted by Gasteiger charge is 2.11. The van der Waals surface area contributed by atoms with Gasteiger partial charge in [0.15, 0.2) is 6.61 Å². The van der Waals surface area contributed by atoms with Gasteiger partial charge in [-0.25, -0.2) is 4.79 Å². The molecule has 1 amide bonds. The summed E-state index contributed by atoms with van der Waals surface area (Å²) in [6.07, 6.45) is 0. The predicted octanol–water partition coefficient (Wildman–Crippen LogP) is 4.21. The van der Waals surface area contributed by atoms with Crippen molar-refractivity contribution >= 4 is 45.1 Å². The van der Waals surface area contributed by atoms with E-state index in [-0.39, 0.29) is 6.61 Å². The van der Waals surface area contributed by atoms with Crippen LogP contribution in [0.3, 0.4) is 0 Å². The minimum atomic E-state index is -0.557. The highest BCUT2D eigenvalue weighted by molar-refractivity contribution is 9.10. The van der Waals surface area contributed by atoms with Gasteiger partial charge in [0.05, 0.1) is 5.56 Å². The van der Waals surface area contributed by atoms with Crippen molar-refractivity contribution in [3.05, 3.63) is 63.1 Å². The third-order valence-corrected chi connectivity index (χ3v) is 3.75. The van der Waals surface area contributed by atoms with E-state index in [0.717, 1.165) is 10.0 Å². The van der Waals surface area contributed by atoms with E-state index in [1.165, 1.54) is 0 Å². The van der Waals surface area contributed by atoms with Gasteiger partial charge in [-0.15, -0.1) is 0 Å². The molecule has 0 heterocycles. The molecule has 2 aromatic carbocycles. The number of amides is 1. The Bertz CT molecular complexity index is 718. The lowest BCUT2D eigenvalue weighted by atomic mass is 10.2. The van der Waals surface area contributed by atoms with Crippen molar-refractivity contribution in [2.75, 3.05) is 11.9 Å². The fraction of sp³-hybridized carbons (Fsp3) is 0.125. The molecule has 22 heavy (non-hydrogen) atoms. The van der Waals surface area contributed by atoms with Crippen LogP contribution in [0.15, 0.2) is 46.9 Å². The monoisotopic (exact) mass is 381 g/mol. The van der Waals surface area contributed by atoms with Gasteiger partial charge in [-0.1, -0.05) is 39.7 Å². The van der Waals surface area contributed by atoms with Crippen LogP contribution in [-0.4, -0.2) is 18.5 Å². The van der Waals surface area contributed by atoms with Gasteiger partial charge < -0.3 is 10.1 Å². The zero-order chi connectivity index (χ0) is 16.1.